The Morgan fingerprint density at radius 3 is 2.32 bits per heavy atom. The quantitative estimate of drug-likeness (QED) is 0.267. The average Bonchev–Trinajstić information content (AvgIpc) is 2.61. The minimum atomic E-state index is -0.458. The van der Waals surface area contributed by atoms with Gasteiger partial charge in [-0.05, 0) is 66.5 Å². The Morgan fingerprint density at radius 1 is 1.07 bits per heavy atom. The minimum absolute atomic E-state index is 0. The highest BCUT2D eigenvalue weighted by Crippen LogP contribution is 2.16. The summed E-state index contributed by atoms with van der Waals surface area (Å²) in [6.07, 6.45) is 6.05. The highest BCUT2D eigenvalue weighted by Gasteiger charge is 2.26. The van der Waals surface area contributed by atoms with Gasteiger partial charge in [-0.15, -0.1) is 24.0 Å². The van der Waals surface area contributed by atoms with Gasteiger partial charge in [0.1, 0.15) is 5.60 Å². The van der Waals surface area contributed by atoms with E-state index in [-0.39, 0.29) is 30.1 Å². The summed E-state index contributed by atoms with van der Waals surface area (Å²) in [5.41, 5.74) is 5.69. The maximum atomic E-state index is 12.1. The third-order valence-electron chi connectivity index (χ3n) is 5.32. The molecule has 2 heterocycles. The number of halogens is 1. The number of guanidine groups is 1. The zero-order chi connectivity index (χ0) is 19.9. The van der Waals surface area contributed by atoms with E-state index >= 15 is 0 Å². The van der Waals surface area contributed by atoms with Crippen LogP contribution in [0, 0.1) is 0 Å². The smallest absolute Gasteiger partial charge is 0.410 e. The molecule has 8 heteroatoms. The summed E-state index contributed by atoms with van der Waals surface area (Å²) in [5, 5.41) is 0. The number of carbonyl (C=O) groups is 1. The second-order valence-corrected chi connectivity index (χ2v) is 8.78. The number of likely N-dealkylation sites (tertiary alicyclic amines) is 1. The second-order valence-electron chi connectivity index (χ2n) is 8.78. The molecule has 7 nitrogen and oxygen atoms in total. The highest BCUT2D eigenvalue weighted by atomic mass is 127. The summed E-state index contributed by atoms with van der Waals surface area (Å²) in [6.45, 7) is 13.9. The summed E-state index contributed by atoms with van der Waals surface area (Å²) >= 11 is 0. The lowest BCUT2D eigenvalue weighted by molar-refractivity contribution is 0.0186. The molecule has 1 unspecified atom stereocenters. The van der Waals surface area contributed by atoms with Crippen molar-refractivity contribution in [3.63, 3.8) is 0 Å². The van der Waals surface area contributed by atoms with Crippen molar-refractivity contribution in [2.24, 2.45) is 10.7 Å². The maximum absolute atomic E-state index is 12.1. The number of piperazine rings is 1. The number of aliphatic imine (C=N–C) groups is 1. The minimum Gasteiger partial charge on any atom is -0.444 e. The van der Waals surface area contributed by atoms with Crippen molar-refractivity contribution in [2.45, 2.75) is 71.4 Å². The molecule has 0 aliphatic carbocycles. The van der Waals surface area contributed by atoms with Crippen molar-refractivity contribution in [1.29, 1.82) is 0 Å². The van der Waals surface area contributed by atoms with Gasteiger partial charge in [0, 0.05) is 38.8 Å². The van der Waals surface area contributed by atoms with E-state index in [1.165, 1.54) is 38.8 Å². The maximum Gasteiger partial charge on any atom is 0.410 e. The van der Waals surface area contributed by atoms with E-state index in [0.29, 0.717) is 32.1 Å². The van der Waals surface area contributed by atoms with Crippen LogP contribution in [-0.2, 0) is 4.74 Å². The predicted molar refractivity (Wildman–Crippen MR) is 125 cm³/mol. The van der Waals surface area contributed by atoms with E-state index in [2.05, 4.69) is 21.7 Å². The number of nitrogens with two attached hydrogens (primary N) is 1. The first kappa shape index (κ1) is 25.3. The lowest BCUT2D eigenvalue weighted by Crippen LogP contribution is -2.53. The van der Waals surface area contributed by atoms with Crippen molar-refractivity contribution < 1.29 is 9.53 Å². The van der Waals surface area contributed by atoms with Gasteiger partial charge in [-0.25, -0.2) is 4.79 Å². The van der Waals surface area contributed by atoms with Crippen molar-refractivity contribution in [3.05, 3.63) is 0 Å². The third-order valence-corrected chi connectivity index (χ3v) is 5.32. The normalized spacial score (nSPS) is 22.0. The Hall–Kier alpha value is -0.770. The van der Waals surface area contributed by atoms with Crippen molar-refractivity contribution in [2.75, 3.05) is 45.8 Å². The predicted octanol–water partition coefficient (Wildman–Crippen LogP) is 3.13. The number of carbonyl (C=O) groups excluding carboxylic acids is 1. The van der Waals surface area contributed by atoms with Crippen LogP contribution in [0.25, 0.3) is 0 Å². The largest absolute Gasteiger partial charge is 0.444 e. The van der Waals surface area contributed by atoms with E-state index < -0.39 is 5.60 Å². The van der Waals surface area contributed by atoms with Gasteiger partial charge in [0.05, 0.1) is 0 Å². The topological polar surface area (TPSA) is 74.4 Å². The van der Waals surface area contributed by atoms with Crippen molar-refractivity contribution >= 4 is 36.0 Å². The van der Waals surface area contributed by atoms with Gasteiger partial charge >= 0.3 is 6.09 Å². The molecule has 2 aliphatic heterocycles. The zero-order valence-electron chi connectivity index (χ0n) is 18.2. The molecule has 2 fully saturated rings. The molecule has 2 aliphatic rings. The van der Waals surface area contributed by atoms with E-state index in [1.807, 2.05) is 20.8 Å². The Kier molecular flexibility index (Phi) is 10.9. The molecule has 0 spiro atoms. The van der Waals surface area contributed by atoms with Crippen LogP contribution < -0.4 is 5.73 Å². The van der Waals surface area contributed by atoms with Gasteiger partial charge in [0.15, 0.2) is 5.96 Å². The lowest BCUT2D eigenvalue weighted by atomic mass is 10.0. The molecule has 2 N–H and O–H groups in total. The van der Waals surface area contributed by atoms with Crippen LogP contribution in [0.3, 0.4) is 0 Å². The number of piperidine rings is 1. The van der Waals surface area contributed by atoms with Crippen LogP contribution in [0.15, 0.2) is 4.99 Å². The van der Waals surface area contributed by atoms with E-state index in [9.17, 15) is 4.79 Å². The first-order valence-corrected chi connectivity index (χ1v) is 10.5. The molecule has 1 amide bonds. The molecule has 0 saturated carbocycles. The molecular weight excluding hydrogens is 469 g/mol. The first-order chi connectivity index (χ1) is 12.8. The van der Waals surface area contributed by atoms with E-state index in [1.54, 1.807) is 4.90 Å². The van der Waals surface area contributed by atoms with Gasteiger partial charge in [-0.2, -0.15) is 0 Å². The van der Waals surface area contributed by atoms with Gasteiger partial charge in [0.2, 0.25) is 0 Å². The molecule has 0 radical (unpaired) electrons. The van der Waals surface area contributed by atoms with E-state index in [4.69, 9.17) is 10.5 Å². The number of unbranched alkanes of at least 4 members (excludes halogenated alkanes) is 1. The van der Waals surface area contributed by atoms with Crippen molar-refractivity contribution in [3.8, 4) is 0 Å². The molecule has 2 rings (SSSR count). The fourth-order valence-corrected chi connectivity index (χ4v) is 3.65. The van der Waals surface area contributed by atoms with Gasteiger partial charge in [-0.1, -0.05) is 6.42 Å². The number of nitrogens with zero attached hydrogens (tertiary/aromatic N) is 4. The van der Waals surface area contributed by atoms with Crippen LogP contribution in [-0.4, -0.2) is 84.2 Å². The molecule has 2 saturated heterocycles. The van der Waals surface area contributed by atoms with E-state index in [0.717, 1.165) is 19.0 Å². The second kappa shape index (κ2) is 12.0. The Bertz CT molecular complexity index is 501. The first-order valence-electron chi connectivity index (χ1n) is 10.5. The monoisotopic (exact) mass is 509 g/mol. The van der Waals surface area contributed by atoms with Gasteiger partial charge in [0.25, 0.3) is 0 Å². The van der Waals surface area contributed by atoms with Crippen molar-refractivity contribution in [1.82, 2.24) is 14.7 Å². The molecule has 0 aromatic carbocycles. The van der Waals surface area contributed by atoms with Crippen LogP contribution in [0.5, 0.6) is 0 Å². The number of ether oxygens (including phenoxy) is 1. The molecule has 1 atom stereocenters. The van der Waals surface area contributed by atoms with Crippen LogP contribution in [0.1, 0.15) is 59.8 Å². The van der Waals surface area contributed by atoms with Crippen LogP contribution >= 0.6 is 24.0 Å². The lowest BCUT2D eigenvalue weighted by Gasteiger charge is -2.36. The zero-order valence-corrected chi connectivity index (χ0v) is 20.5. The number of rotatable bonds is 5. The molecule has 0 bridgehead atoms. The summed E-state index contributed by atoms with van der Waals surface area (Å²) in [5.74, 6) is 0.602. The van der Waals surface area contributed by atoms with Crippen LogP contribution in [0.2, 0.25) is 0 Å². The molecule has 28 heavy (non-hydrogen) atoms. The molecule has 0 aromatic rings. The molecule has 0 aromatic heterocycles. The summed E-state index contributed by atoms with van der Waals surface area (Å²) in [6, 6.07) is 0.730. The number of hydrogen-bond acceptors (Lipinski definition) is 4. The Balaban J connectivity index is 0.00000392. The SMILES string of the molecule is CC1CCCCN1CCCCN=C(N)N1CCN(C(=O)OC(C)(C)C)CC1.I. The Labute approximate surface area is 188 Å². The Morgan fingerprint density at radius 2 is 1.71 bits per heavy atom. The summed E-state index contributed by atoms with van der Waals surface area (Å²) in [4.78, 5) is 23.1. The van der Waals surface area contributed by atoms with Gasteiger partial charge < -0.3 is 25.2 Å². The summed E-state index contributed by atoms with van der Waals surface area (Å²) < 4.78 is 5.43. The number of amides is 1. The highest BCUT2D eigenvalue weighted by molar-refractivity contribution is 14.0. The fourth-order valence-electron chi connectivity index (χ4n) is 3.65. The standard InChI is InChI=1S/C20H39N5O2.HI/c1-17-9-5-7-11-23(17)12-8-6-10-22-18(21)24-13-15-25(16-14-24)19(26)27-20(2,3)4;/h17H,5-16H2,1-4H3,(H2,21,22);1H. The van der Waals surface area contributed by atoms with Gasteiger partial charge in [-0.3, -0.25) is 4.99 Å². The third kappa shape index (κ3) is 8.71. The molecule has 164 valence electrons. The fraction of sp³-hybridized carbons (Fsp3) is 0.900. The summed E-state index contributed by atoms with van der Waals surface area (Å²) in [7, 11) is 0. The average molecular weight is 509 g/mol. The molecular formula is C20H40IN5O2. The van der Waals surface area contributed by atoms with Crippen LogP contribution in [0.4, 0.5) is 4.79 Å². The number of hydrogen-bond donors (Lipinski definition) is 1.